The topological polar surface area (TPSA) is 51.1 Å². The maximum Gasteiger partial charge on any atom is 0.218 e. The SMILES string of the molecule is C=C(Cl)N/C(C)=C(\C)c1ccc(-c2c(F)ccc(NCc3cc(Cl)cnc3OC)c2F)c(=P)n1C. The van der Waals surface area contributed by atoms with Crippen LogP contribution in [0.2, 0.25) is 5.02 Å². The fourth-order valence-electron chi connectivity index (χ4n) is 3.63. The predicted octanol–water partition coefficient (Wildman–Crippen LogP) is 7.36. The van der Waals surface area contributed by atoms with Gasteiger partial charge in [-0.3, -0.25) is 0 Å². The molecule has 0 saturated carbocycles. The van der Waals surface area contributed by atoms with E-state index in [1.54, 1.807) is 29.8 Å². The van der Waals surface area contributed by atoms with Crippen LogP contribution in [0.5, 0.6) is 5.88 Å². The van der Waals surface area contributed by atoms with Gasteiger partial charge in [0.1, 0.15) is 5.82 Å². The van der Waals surface area contributed by atoms with E-state index in [2.05, 4.69) is 31.1 Å². The lowest BCUT2D eigenvalue weighted by atomic mass is 10.0. The third-order valence-corrected chi connectivity index (χ3v) is 6.45. The Balaban J connectivity index is 2.01. The van der Waals surface area contributed by atoms with Crippen molar-refractivity contribution in [1.82, 2.24) is 14.9 Å². The number of nitrogens with zero attached hydrogens (tertiary/aromatic N) is 2. The molecule has 0 saturated heterocycles. The van der Waals surface area contributed by atoms with Crippen LogP contribution in [0.1, 0.15) is 25.1 Å². The summed E-state index contributed by atoms with van der Waals surface area (Å²) in [4.78, 5) is 4.11. The highest BCUT2D eigenvalue weighted by Crippen LogP contribution is 2.33. The van der Waals surface area contributed by atoms with Crippen LogP contribution in [0, 0.1) is 16.7 Å². The zero-order valence-corrected chi connectivity index (χ0v) is 22.2. The monoisotopic (exact) mass is 536 g/mol. The molecular weight excluding hydrogens is 512 g/mol. The molecule has 0 atom stereocenters. The molecule has 1 aromatic carbocycles. The number of rotatable bonds is 8. The smallest absolute Gasteiger partial charge is 0.218 e. The molecule has 10 heteroatoms. The fraction of sp³-hybridized carbons (Fsp3) is 0.200. The summed E-state index contributed by atoms with van der Waals surface area (Å²) in [5, 5.41) is 7.16. The van der Waals surface area contributed by atoms with E-state index >= 15 is 4.39 Å². The van der Waals surface area contributed by atoms with Crippen LogP contribution in [0.25, 0.3) is 16.7 Å². The minimum atomic E-state index is -0.727. The first-order valence-corrected chi connectivity index (χ1v) is 11.7. The second-order valence-corrected chi connectivity index (χ2v) is 9.15. The summed E-state index contributed by atoms with van der Waals surface area (Å²) in [5.74, 6) is -1.05. The van der Waals surface area contributed by atoms with Gasteiger partial charge in [-0.25, -0.2) is 13.8 Å². The summed E-state index contributed by atoms with van der Waals surface area (Å²) in [6, 6.07) is 7.70. The number of aromatic nitrogens is 2. The number of allylic oxidation sites excluding steroid dienone is 2. The molecule has 0 aliphatic rings. The van der Waals surface area contributed by atoms with Gasteiger partial charge in [-0.1, -0.05) is 38.6 Å². The van der Waals surface area contributed by atoms with Crippen molar-refractivity contribution in [2.45, 2.75) is 20.4 Å². The third kappa shape index (κ3) is 5.87. The zero-order chi connectivity index (χ0) is 25.9. The van der Waals surface area contributed by atoms with E-state index in [9.17, 15) is 4.39 Å². The van der Waals surface area contributed by atoms with Gasteiger partial charge in [0.05, 0.1) is 33.6 Å². The molecule has 3 rings (SSSR count). The molecule has 0 aliphatic carbocycles. The van der Waals surface area contributed by atoms with E-state index in [0.717, 1.165) is 17.0 Å². The summed E-state index contributed by atoms with van der Waals surface area (Å²) in [5.41, 5.74) is 3.45. The van der Waals surface area contributed by atoms with Crippen molar-refractivity contribution < 1.29 is 13.5 Å². The average Bonchev–Trinajstić information content (AvgIpc) is 2.80. The van der Waals surface area contributed by atoms with E-state index in [1.165, 1.54) is 25.4 Å². The number of hydrogen-bond acceptors (Lipinski definition) is 4. The number of ether oxygens (including phenoxy) is 1. The first-order valence-electron chi connectivity index (χ1n) is 10.5. The number of hydrogen-bond donors (Lipinski definition) is 2. The molecule has 2 aromatic heterocycles. The Kier molecular flexibility index (Phi) is 8.60. The summed E-state index contributed by atoms with van der Waals surface area (Å²) >= 11 is 11.9. The van der Waals surface area contributed by atoms with E-state index in [4.69, 9.17) is 27.9 Å². The number of benzene rings is 1. The second-order valence-electron chi connectivity index (χ2n) is 7.78. The quantitative estimate of drug-likeness (QED) is 0.233. The molecule has 0 fully saturated rings. The van der Waals surface area contributed by atoms with Gasteiger partial charge in [0, 0.05) is 42.3 Å². The van der Waals surface area contributed by atoms with Crippen molar-refractivity contribution in [3.8, 4) is 17.0 Å². The van der Waals surface area contributed by atoms with E-state index < -0.39 is 11.6 Å². The standard InChI is InChI=1S/C25H25Cl2F2N4OP/c1-13(14(2)32-15(3)26)21-9-6-18(25(35)33(21)4)22-19(28)7-8-20(23(22)29)30-11-16-10-17(27)12-31-24(16)34-5/h6-10,12,30,32,35H,3,11H2,1-2,4-5H3/b14-13+. The lowest BCUT2D eigenvalue weighted by Gasteiger charge is -2.18. The van der Waals surface area contributed by atoms with Crippen molar-refractivity contribution in [3.05, 3.63) is 86.9 Å². The first kappa shape index (κ1) is 26.7. The van der Waals surface area contributed by atoms with Crippen LogP contribution in [0.15, 0.2) is 54.0 Å². The van der Waals surface area contributed by atoms with E-state index in [0.29, 0.717) is 32.3 Å². The molecule has 0 aliphatic heterocycles. The highest BCUT2D eigenvalue weighted by molar-refractivity contribution is 7.07. The Labute approximate surface area is 215 Å². The van der Waals surface area contributed by atoms with Gasteiger partial charge in [-0.05, 0) is 49.8 Å². The van der Waals surface area contributed by atoms with Gasteiger partial charge in [-0.15, -0.1) is 0 Å². The highest BCUT2D eigenvalue weighted by atomic mass is 35.5. The molecule has 184 valence electrons. The van der Waals surface area contributed by atoms with Crippen molar-refractivity contribution in [2.24, 2.45) is 7.05 Å². The minimum Gasteiger partial charge on any atom is -0.481 e. The van der Waals surface area contributed by atoms with Crippen LogP contribution in [-0.2, 0) is 13.6 Å². The minimum absolute atomic E-state index is 0.123. The number of nitrogens with one attached hydrogen (secondary N) is 2. The maximum absolute atomic E-state index is 15.6. The van der Waals surface area contributed by atoms with Gasteiger partial charge in [0.2, 0.25) is 5.88 Å². The van der Waals surface area contributed by atoms with Crippen LogP contribution in [0.3, 0.4) is 0 Å². The fourth-order valence-corrected chi connectivity index (χ4v) is 4.28. The number of halogens is 4. The lowest BCUT2D eigenvalue weighted by Crippen LogP contribution is -2.10. The normalized spacial score (nSPS) is 11.7. The molecular formula is C25H25Cl2F2N4OP. The molecule has 2 N–H and O–H groups in total. The maximum atomic E-state index is 15.6. The van der Waals surface area contributed by atoms with Crippen molar-refractivity contribution in [3.63, 3.8) is 0 Å². The van der Waals surface area contributed by atoms with Gasteiger partial charge in [-0.2, -0.15) is 0 Å². The Hall–Kier alpha value is -2.86. The summed E-state index contributed by atoms with van der Waals surface area (Å²) in [7, 11) is 6.86. The summed E-state index contributed by atoms with van der Waals surface area (Å²) in [6.07, 6.45) is 1.46. The van der Waals surface area contributed by atoms with Crippen LogP contribution in [0.4, 0.5) is 14.5 Å². The van der Waals surface area contributed by atoms with Crippen molar-refractivity contribution >= 4 is 43.3 Å². The highest BCUT2D eigenvalue weighted by Gasteiger charge is 2.19. The molecule has 2 heterocycles. The van der Waals surface area contributed by atoms with Crippen LogP contribution >= 0.6 is 32.1 Å². The molecule has 0 amide bonds. The molecule has 0 radical (unpaired) electrons. The molecule has 0 spiro atoms. The van der Waals surface area contributed by atoms with Gasteiger partial charge in [0.25, 0.3) is 0 Å². The number of methoxy groups -OCH3 is 1. The third-order valence-electron chi connectivity index (χ3n) is 5.54. The Morgan fingerprint density at radius 3 is 2.60 bits per heavy atom. The summed E-state index contributed by atoms with van der Waals surface area (Å²) < 4.78 is 37.5. The average molecular weight is 537 g/mol. The number of pyridine rings is 2. The van der Waals surface area contributed by atoms with Crippen molar-refractivity contribution in [2.75, 3.05) is 12.4 Å². The zero-order valence-electron chi connectivity index (χ0n) is 19.7. The molecule has 0 bridgehead atoms. The lowest BCUT2D eigenvalue weighted by molar-refractivity contribution is 0.393. The second kappa shape index (κ2) is 11.3. The molecule has 35 heavy (non-hydrogen) atoms. The number of anilines is 1. The molecule has 5 nitrogen and oxygen atoms in total. The Morgan fingerprint density at radius 2 is 1.94 bits per heavy atom. The largest absolute Gasteiger partial charge is 0.481 e. The molecule has 3 aromatic rings. The van der Waals surface area contributed by atoms with Gasteiger partial charge in [0.15, 0.2) is 5.82 Å². The Bertz CT molecular complexity index is 1390. The predicted molar refractivity (Wildman–Crippen MR) is 142 cm³/mol. The molecule has 0 unspecified atom stereocenters. The first-order chi connectivity index (χ1) is 16.5. The van der Waals surface area contributed by atoms with Crippen LogP contribution < -0.4 is 15.4 Å². The van der Waals surface area contributed by atoms with Crippen LogP contribution in [-0.4, -0.2) is 16.7 Å². The Morgan fingerprint density at radius 1 is 1.23 bits per heavy atom. The summed E-state index contributed by atoms with van der Waals surface area (Å²) in [6.45, 7) is 7.59. The van der Waals surface area contributed by atoms with Gasteiger partial charge < -0.3 is 19.9 Å². The van der Waals surface area contributed by atoms with E-state index in [-0.39, 0.29) is 17.8 Å². The van der Waals surface area contributed by atoms with Gasteiger partial charge >= 0.3 is 0 Å². The van der Waals surface area contributed by atoms with E-state index in [1.807, 2.05) is 13.8 Å². The van der Waals surface area contributed by atoms with Crippen molar-refractivity contribution in [1.29, 1.82) is 0 Å².